The van der Waals surface area contributed by atoms with Gasteiger partial charge in [0.25, 0.3) is 0 Å². The predicted molar refractivity (Wildman–Crippen MR) is 131 cm³/mol. The molecule has 2 amide bonds. The highest BCUT2D eigenvalue weighted by Gasteiger charge is 2.38. The number of carbonyl (C=O) groups is 2. The SMILES string of the molecule is CCCCOC(=O)N1CCN(c2ccnc(C3=CNC4=NC=C(Cl)CC34)n2)C(C(=O)NCC(F)(F)F)C1. The van der Waals surface area contributed by atoms with Gasteiger partial charge in [0.1, 0.15) is 24.2 Å². The lowest BCUT2D eigenvalue weighted by Crippen LogP contribution is -2.61. The maximum atomic E-state index is 12.9. The van der Waals surface area contributed by atoms with Gasteiger partial charge in [-0.3, -0.25) is 4.79 Å². The zero-order valence-electron chi connectivity index (χ0n) is 20.1. The van der Waals surface area contributed by atoms with Crippen molar-refractivity contribution in [1.29, 1.82) is 0 Å². The van der Waals surface area contributed by atoms with Gasteiger partial charge in [-0.25, -0.2) is 19.8 Å². The first kappa shape index (κ1) is 26.7. The largest absolute Gasteiger partial charge is 0.449 e. The average Bonchev–Trinajstić information content (AvgIpc) is 3.29. The predicted octanol–water partition coefficient (Wildman–Crippen LogP) is 3.03. The number of nitrogens with zero attached hydrogens (tertiary/aromatic N) is 5. The van der Waals surface area contributed by atoms with Crippen LogP contribution in [0.25, 0.3) is 5.57 Å². The summed E-state index contributed by atoms with van der Waals surface area (Å²) in [6.45, 7) is 0.905. The van der Waals surface area contributed by atoms with Gasteiger partial charge in [-0.2, -0.15) is 13.2 Å². The molecule has 200 valence electrons. The molecule has 0 aromatic carbocycles. The third kappa shape index (κ3) is 6.51. The van der Waals surface area contributed by atoms with Crippen LogP contribution in [0, 0.1) is 5.92 Å². The number of aromatic nitrogens is 2. The Morgan fingerprint density at radius 2 is 2.14 bits per heavy atom. The lowest BCUT2D eigenvalue weighted by Gasteiger charge is -2.40. The number of anilines is 1. The summed E-state index contributed by atoms with van der Waals surface area (Å²) in [5.41, 5.74) is 0.753. The van der Waals surface area contributed by atoms with Crippen LogP contribution in [0.2, 0.25) is 0 Å². The van der Waals surface area contributed by atoms with Crippen LogP contribution in [0.4, 0.5) is 23.8 Å². The topological polar surface area (TPSA) is 112 Å². The van der Waals surface area contributed by atoms with Crippen LogP contribution in [-0.4, -0.2) is 77.7 Å². The number of aliphatic imine (C=N–C) groups is 1. The number of piperazine rings is 1. The van der Waals surface area contributed by atoms with E-state index in [-0.39, 0.29) is 32.2 Å². The zero-order valence-corrected chi connectivity index (χ0v) is 20.8. The molecular formula is C23H27ClF3N7O3. The van der Waals surface area contributed by atoms with Crippen LogP contribution >= 0.6 is 11.6 Å². The summed E-state index contributed by atoms with van der Waals surface area (Å²) in [5, 5.41) is 5.60. The molecule has 3 aliphatic heterocycles. The molecule has 1 aromatic rings. The van der Waals surface area contributed by atoms with E-state index in [1.165, 1.54) is 11.1 Å². The van der Waals surface area contributed by atoms with E-state index in [9.17, 15) is 22.8 Å². The average molecular weight is 542 g/mol. The Morgan fingerprint density at radius 3 is 2.89 bits per heavy atom. The van der Waals surface area contributed by atoms with E-state index in [0.717, 1.165) is 12.0 Å². The molecule has 1 saturated heterocycles. The molecule has 4 rings (SSSR count). The number of ether oxygens (including phenoxy) is 1. The number of hydrogen-bond donors (Lipinski definition) is 2. The monoisotopic (exact) mass is 541 g/mol. The van der Waals surface area contributed by atoms with Crippen LogP contribution in [0.5, 0.6) is 0 Å². The molecule has 4 heterocycles. The Balaban J connectivity index is 1.55. The number of alkyl halides is 3. The minimum Gasteiger partial charge on any atom is -0.449 e. The van der Waals surface area contributed by atoms with Crippen LogP contribution in [0.1, 0.15) is 32.0 Å². The number of nitrogens with one attached hydrogen (secondary N) is 2. The van der Waals surface area contributed by atoms with Crippen molar-refractivity contribution in [1.82, 2.24) is 25.5 Å². The summed E-state index contributed by atoms with van der Waals surface area (Å²) in [6.07, 6.45) is 1.69. The van der Waals surface area contributed by atoms with Crippen molar-refractivity contribution >= 4 is 40.8 Å². The number of rotatable bonds is 7. The molecule has 37 heavy (non-hydrogen) atoms. The Kier molecular flexibility index (Phi) is 8.20. The maximum absolute atomic E-state index is 12.9. The molecule has 0 radical (unpaired) electrons. The molecule has 14 heteroatoms. The van der Waals surface area contributed by atoms with E-state index < -0.39 is 30.8 Å². The van der Waals surface area contributed by atoms with Crippen LogP contribution in [0.3, 0.4) is 0 Å². The standard InChI is InChI=1S/C23H27ClF3N7O3/c1-2-3-8-37-22(36)33-6-7-34(17(12-33)21(35)31-13-23(25,26)27)18-4-5-28-20(32-18)16-11-30-19-15(16)9-14(24)10-29-19/h4-5,10-11,15,17H,2-3,6-9,12-13H2,1H3,(H,29,30)(H,31,35). The lowest BCUT2D eigenvalue weighted by atomic mass is 9.95. The second-order valence-electron chi connectivity index (χ2n) is 8.79. The van der Waals surface area contributed by atoms with Gasteiger partial charge in [0, 0.05) is 42.3 Å². The number of hydrogen-bond acceptors (Lipinski definition) is 8. The third-order valence-electron chi connectivity index (χ3n) is 6.14. The second-order valence-corrected chi connectivity index (χ2v) is 9.27. The number of halogens is 4. The van der Waals surface area contributed by atoms with E-state index in [1.54, 1.807) is 23.4 Å². The number of amidine groups is 1. The molecule has 2 unspecified atom stereocenters. The van der Waals surface area contributed by atoms with E-state index in [1.807, 2.05) is 12.2 Å². The fourth-order valence-electron chi connectivity index (χ4n) is 4.24. The third-order valence-corrected chi connectivity index (χ3v) is 6.40. The minimum absolute atomic E-state index is 0.155. The Morgan fingerprint density at radius 1 is 1.32 bits per heavy atom. The van der Waals surface area contributed by atoms with Crippen LogP contribution in [-0.2, 0) is 9.53 Å². The smallest absolute Gasteiger partial charge is 0.409 e. The summed E-state index contributed by atoms with van der Waals surface area (Å²) >= 11 is 6.17. The summed E-state index contributed by atoms with van der Waals surface area (Å²) in [5.74, 6) is 0.410. The molecule has 3 aliphatic rings. The van der Waals surface area contributed by atoms with Crippen molar-refractivity contribution in [2.75, 3.05) is 37.7 Å². The van der Waals surface area contributed by atoms with Crippen molar-refractivity contribution in [3.63, 3.8) is 0 Å². The van der Waals surface area contributed by atoms with Gasteiger partial charge in [0.15, 0.2) is 5.82 Å². The van der Waals surface area contributed by atoms with Crippen molar-refractivity contribution < 1.29 is 27.5 Å². The Labute approximate surface area is 216 Å². The van der Waals surface area contributed by atoms with Gasteiger partial charge in [-0.05, 0) is 18.9 Å². The van der Waals surface area contributed by atoms with E-state index in [0.29, 0.717) is 35.4 Å². The fourth-order valence-corrected chi connectivity index (χ4v) is 4.44. The normalized spacial score (nSPS) is 21.4. The molecule has 0 aliphatic carbocycles. The summed E-state index contributed by atoms with van der Waals surface area (Å²) in [6, 6.07) is 0.464. The quantitative estimate of drug-likeness (QED) is 0.510. The Bertz CT molecular complexity index is 1130. The molecule has 1 aromatic heterocycles. The van der Waals surface area contributed by atoms with E-state index in [4.69, 9.17) is 16.3 Å². The lowest BCUT2D eigenvalue weighted by molar-refractivity contribution is -0.139. The van der Waals surface area contributed by atoms with E-state index >= 15 is 0 Å². The molecule has 2 atom stereocenters. The number of carbonyl (C=O) groups excluding carboxylic acids is 2. The van der Waals surface area contributed by atoms with Crippen LogP contribution < -0.4 is 15.5 Å². The van der Waals surface area contributed by atoms with Crippen molar-refractivity contribution in [2.45, 2.75) is 38.4 Å². The highest BCUT2D eigenvalue weighted by Crippen LogP contribution is 2.35. The second kappa shape index (κ2) is 11.4. The van der Waals surface area contributed by atoms with Gasteiger partial charge < -0.3 is 25.2 Å². The van der Waals surface area contributed by atoms with Crippen LogP contribution in [0.15, 0.2) is 34.7 Å². The van der Waals surface area contributed by atoms with Crippen molar-refractivity contribution in [3.8, 4) is 0 Å². The van der Waals surface area contributed by atoms with Crippen molar-refractivity contribution in [3.05, 3.63) is 35.5 Å². The van der Waals surface area contributed by atoms with Gasteiger partial charge in [0.05, 0.1) is 19.1 Å². The minimum atomic E-state index is -4.58. The van der Waals surface area contributed by atoms with Crippen molar-refractivity contribution in [2.24, 2.45) is 10.9 Å². The first-order valence-electron chi connectivity index (χ1n) is 11.9. The van der Waals surface area contributed by atoms with Gasteiger partial charge in [-0.1, -0.05) is 24.9 Å². The highest BCUT2D eigenvalue weighted by atomic mass is 35.5. The summed E-state index contributed by atoms with van der Waals surface area (Å²) in [7, 11) is 0. The first-order chi connectivity index (χ1) is 17.7. The molecule has 0 saturated carbocycles. The zero-order chi connectivity index (χ0) is 26.6. The molecule has 1 fully saturated rings. The molecular weight excluding hydrogens is 515 g/mol. The molecule has 10 nitrogen and oxygen atoms in total. The van der Waals surface area contributed by atoms with Gasteiger partial charge in [0.2, 0.25) is 5.91 Å². The number of unbranched alkanes of at least 4 members (excludes halogenated alkanes) is 1. The highest BCUT2D eigenvalue weighted by molar-refractivity contribution is 6.30. The summed E-state index contributed by atoms with van der Waals surface area (Å²) < 4.78 is 43.6. The first-order valence-corrected chi connectivity index (χ1v) is 12.3. The maximum Gasteiger partial charge on any atom is 0.409 e. The number of fused-ring (bicyclic) bond motifs is 1. The molecule has 0 spiro atoms. The van der Waals surface area contributed by atoms with Gasteiger partial charge in [-0.15, -0.1) is 0 Å². The van der Waals surface area contributed by atoms with E-state index in [2.05, 4.69) is 20.3 Å². The Hall–Kier alpha value is -3.35. The van der Waals surface area contributed by atoms with Gasteiger partial charge >= 0.3 is 12.3 Å². The number of amides is 2. The summed E-state index contributed by atoms with van der Waals surface area (Å²) in [4.78, 5) is 41.6. The number of allylic oxidation sites excluding steroid dienone is 1. The molecule has 0 bridgehead atoms. The fraction of sp³-hybridized carbons (Fsp3) is 0.522. The molecule has 2 N–H and O–H groups in total.